The van der Waals surface area contributed by atoms with Gasteiger partial charge < -0.3 is 34.2 Å². The molecule has 0 spiro atoms. The second-order valence-corrected chi connectivity index (χ2v) is 13.2. The van der Waals surface area contributed by atoms with Crippen molar-refractivity contribution in [1.82, 2.24) is 19.9 Å². The lowest BCUT2D eigenvalue weighted by Gasteiger charge is -2.38. The van der Waals surface area contributed by atoms with Crippen LogP contribution in [0.1, 0.15) is 73.1 Å². The Morgan fingerprint density at radius 3 is 2.33 bits per heavy atom. The average Bonchev–Trinajstić information content (AvgIpc) is 3.44. The Balaban J connectivity index is 1.95. The fourth-order valence-electron chi connectivity index (χ4n) is 4.38. The SMILES string of the molecule is CO[C@](C#N)(COCN[C@@H](C)C(=O)OC1CCOCC1)[C@@H](OC(=O)C(C)(C)C)[C@@H](OC(=O)C(C)(C)C)c1ccc2c(N)ncnn12. The van der Waals surface area contributed by atoms with Crippen LogP contribution in [0.4, 0.5) is 5.82 Å². The van der Waals surface area contributed by atoms with Crippen LogP contribution in [-0.4, -0.2) is 90.0 Å². The summed E-state index contributed by atoms with van der Waals surface area (Å²) in [5.41, 5.74) is 2.71. The van der Waals surface area contributed by atoms with Crippen LogP contribution in [0.25, 0.3) is 5.52 Å². The maximum absolute atomic E-state index is 13.4. The summed E-state index contributed by atoms with van der Waals surface area (Å²) in [7, 11) is 1.25. The highest BCUT2D eigenvalue weighted by Crippen LogP contribution is 2.37. The molecule has 1 aliphatic heterocycles. The van der Waals surface area contributed by atoms with E-state index in [4.69, 9.17) is 34.2 Å². The number of hydrogen-bond donors (Lipinski definition) is 2. The molecule has 15 nitrogen and oxygen atoms in total. The number of hydrogen-bond acceptors (Lipinski definition) is 14. The molecule has 0 bridgehead atoms. The van der Waals surface area contributed by atoms with E-state index < -0.39 is 59.2 Å². The number of methoxy groups -OCH3 is 1. The molecule has 3 heterocycles. The summed E-state index contributed by atoms with van der Waals surface area (Å²) in [6.45, 7) is 12.0. The quantitative estimate of drug-likeness (QED) is 0.139. The number of nitrogens with two attached hydrogens (primary N) is 1. The third-order valence-electron chi connectivity index (χ3n) is 7.40. The molecule has 3 N–H and O–H groups in total. The summed E-state index contributed by atoms with van der Waals surface area (Å²) in [5, 5.41) is 17.8. The fourth-order valence-corrected chi connectivity index (χ4v) is 4.38. The zero-order valence-corrected chi connectivity index (χ0v) is 27.8. The van der Waals surface area contributed by atoms with Crippen LogP contribution in [0.15, 0.2) is 18.5 Å². The first-order valence-electron chi connectivity index (χ1n) is 15.1. The second kappa shape index (κ2) is 15.2. The van der Waals surface area contributed by atoms with E-state index in [0.717, 1.165) is 0 Å². The van der Waals surface area contributed by atoms with E-state index >= 15 is 0 Å². The zero-order chi connectivity index (χ0) is 34.3. The molecule has 0 radical (unpaired) electrons. The molecule has 2 aromatic rings. The minimum atomic E-state index is -2.01. The Morgan fingerprint density at radius 2 is 1.74 bits per heavy atom. The highest BCUT2D eigenvalue weighted by Gasteiger charge is 2.52. The van der Waals surface area contributed by atoms with E-state index in [1.54, 1.807) is 60.6 Å². The first kappa shape index (κ1) is 36.6. The molecule has 3 rings (SSSR count). The smallest absolute Gasteiger partial charge is 0.323 e. The van der Waals surface area contributed by atoms with Crippen molar-refractivity contribution < 1.29 is 42.8 Å². The van der Waals surface area contributed by atoms with Crippen LogP contribution in [0.2, 0.25) is 0 Å². The van der Waals surface area contributed by atoms with E-state index in [2.05, 4.69) is 21.5 Å². The normalized spacial score (nSPS) is 17.7. The van der Waals surface area contributed by atoms with Crippen LogP contribution < -0.4 is 11.1 Å². The van der Waals surface area contributed by atoms with Crippen LogP contribution >= 0.6 is 0 Å². The van der Waals surface area contributed by atoms with Crippen molar-refractivity contribution in [3.05, 3.63) is 24.2 Å². The molecule has 0 aromatic carbocycles. The molecule has 1 aliphatic rings. The van der Waals surface area contributed by atoms with Crippen molar-refractivity contribution in [2.24, 2.45) is 10.8 Å². The number of nitriles is 1. The Bertz CT molecular complexity index is 1400. The molecule has 2 aromatic heterocycles. The molecule has 0 saturated carbocycles. The van der Waals surface area contributed by atoms with Gasteiger partial charge in [-0.05, 0) is 60.6 Å². The first-order valence-corrected chi connectivity index (χ1v) is 15.1. The highest BCUT2D eigenvalue weighted by atomic mass is 16.6. The Morgan fingerprint density at radius 1 is 1.11 bits per heavy atom. The van der Waals surface area contributed by atoms with Crippen molar-refractivity contribution in [1.29, 1.82) is 5.26 Å². The van der Waals surface area contributed by atoms with E-state index in [-0.39, 0.29) is 24.3 Å². The van der Waals surface area contributed by atoms with Gasteiger partial charge in [0.05, 0.1) is 43.1 Å². The highest BCUT2D eigenvalue weighted by molar-refractivity contribution is 5.77. The number of ether oxygens (including phenoxy) is 6. The molecule has 46 heavy (non-hydrogen) atoms. The van der Waals surface area contributed by atoms with Crippen LogP contribution in [0.3, 0.4) is 0 Å². The number of nitrogens with one attached hydrogen (secondary N) is 1. The van der Waals surface area contributed by atoms with Crippen molar-refractivity contribution in [2.45, 2.75) is 91.3 Å². The van der Waals surface area contributed by atoms with E-state index in [1.807, 2.05) is 0 Å². The van der Waals surface area contributed by atoms with Gasteiger partial charge in [0.1, 0.15) is 30.1 Å². The standard InChI is InChI=1S/C31H46N6O9/c1-19(26(38)44-20-11-13-42-14-12-20)35-18-43-16-31(15-32,41-8)24(46-28(40)30(5,6)7)23(45-27(39)29(2,3)4)21-9-10-22-25(33)34-17-36-37(21)22/h9-10,17,19-20,23-24,35H,11-14,16,18H2,1-8H3,(H2,33,34,36)/t19-,23-,24-,31+/m0/s1. The monoisotopic (exact) mass is 646 g/mol. The Hall–Kier alpha value is -3.84. The van der Waals surface area contributed by atoms with Crippen molar-refractivity contribution >= 4 is 29.2 Å². The third-order valence-corrected chi connectivity index (χ3v) is 7.40. The van der Waals surface area contributed by atoms with Crippen LogP contribution in [0, 0.1) is 22.2 Å². The predicted molar refractivity (Wildman–Crippen MR) is 164 cm³/mol. The summed E-state index contributed by atoms with van der Waals surface area (Å²) in [4.78, 5) is 43.3. The number of carbonyl (C=O) groups is 3. The number of nitrogens with zero attached hydrogens (tertiary/aromatic N) is 4. The molecular formula is C31H46N6O9. The van der Waals surface area contributed by atoms with Crippen molar-refractivity contribution in [3.63, 3.8) is 0 Å². The van der Waals surface area contributed by atoms with Gasteiger partial charge in [0.15, 0.2) is 18.0 Å². The second-order valence-electron chi connectivity index (χ2n) is 13.2. The van der Waals surface area contributed by atoms with Crippen molar-refractivity contribution in [2.75, 3.05) is 39.4 Å². The molecule has 1 saturated heterocycles. The van der Waals surface area contributed by atoms with Gasteiger partial charge in [-0.2, -0.15) is 10.4 Å². The van der Waals surface area contributed by atoms with Crippen LogP contribution in [0.5, 0.6) is 0 Å². The number of esters is 3. The summed E-state index contributed by atoms with van der Waals surface area (Å²) in [5.74, 6) is -1.64. The Kier molecular flexibility index (Phi) is 12.1. The minimum Gasteiger partial charge on any atom is -0.461 e. The number of fused-ring (bicyclic) bond motifs is 1. The molecule has 15 heteroatoms. The van der Waals surface area contributed by atoms with Crippen molar-refractivity contribution in [3.8, 4) is 6.07 Å². The molecule has 4 atom stereocenters. The maximum atomic E-state index is 13.4. The number of aromatic nitrogens is 3. The van der Waals surface area contributed by atoms with E-state index in [0.29, 0.717) is 31.6 Å². The summed E-state index contributed by atoms with van der Waals surface area (Å²) in [6.07, 6.45) is -0.730. The number of carbonyl (C=O) groups excluding carboxylic acids is 3. The lowest BCUT2D eigenvalue weighted by atomic mass is 9.90. The summed E-state index contributed by atoms with van der Waals surface area (Å²) < 4.78 is 35.8. The molecule has 0 amide bonds. The van der Waals surface area contributed by atoms with Gasteiger partial charge in [-0.25, -0.2) is 9.50 Å². The first-order chi connectivity index (χ1) is 21.5. The Labute approximate surface area is 269 Å². The van der Waals surface area contributed by atoms with Gasteiger partial charge >= 0.3 is 17.9 Å². The van der Waals surface area contributed by atoms with Crippen LogP contribution in [-0.2, 0) is 42.8 Å². The van der Waals surface area contributed by atoms with Gasteiger partial charge in [-0.3, -0.25) is 19.7 Å². The predicted octanol–water partition coefficient (Wildman–Crippen LogP) is 2.48. The average molecular weight is 647 g/mol. The van der Waals surface area contributed by atoms with Gasteiger partial charge in [0, 0.05) is 20.0 Å². The van der Waals surface area contributed by atoms with Gasteiger partial charge in [-0.1, -0.05) is 0 Å². The molecule has 0 aliphatic carbocycles. The van der Waals surface area contributed by atoms with Gasteiger partial charge in [-0.15, -0.1) is 0 Å². The number of nitrogen functional groups attached to an aromatic ring is 1. The number of rotatable bonds is 13. The molecule has 1 fully saturated rings. The summed E-state index contributed by atoms with van der Waals surface area (Å²) in [6, 6.07) is 4.57. The minimum absolute atomic E-state index is 0.155. The largest absolute Gasteiger partial charge is 0.461 e. The van der Waals surface area contributed by atoms with Gasteiger partial charge in [0.25, 0.3) is 0 Å². The number of anilines is 1. The van der Waals surface area contributed by atoms with Gasteiger partial charge in [0.2, 0.25) is 5.60 Å². The third kappa shape index (κ3) is 8.91. The fraction of sp³-hybridized carbons (Fsp3) is 0.677. The maximum Gasteiger partial charge on any atom is 0.323 e. The lowest BCUT2D eigenvalue weighted by molar-refractivity contribution is -0.205. The van der Waals surface area contributed by atoms with E-state index in [1.165, 1.54) is 18.0 Å². The molecular weight excluding hydrogens is 600 g/mol. The van der Waals surface area contributed by atoms with E-state index in [9.17, 15) is 19.6 Å². The molecule has 254 valence electrons. The molecule has 0 unspecified atom stereocenters. The zero-order valence-electron chi connectivity index (χ0n) is 27.8. The lowest BCUT2D eigenvalue weighted by Crippen LogP contribution is -2.54. The topological polar surface area (TPSA) is 199 Å². The summed E-state index contributed by atoms with van der Waals surface area (Å²) >= 11 is 0.